The Balaban J connectivity index is 2.03. The summed E-state index contributed by atoms with van der Waals surface area (Å²) in [4.78, 5) is 0.302. The molecular weight excluding hydrogens is 298 g/mol. The van der Waals surface area contributed by atoms with Crippen LogP contribution in [0.5, 0.6) is 0 Å². The molecule has 0 saturated carbocycles. The van der Waals surface area contributed by atoms with Crippen molar-refractivity contribution in [3.63, 3.8) is 0 Å². The number of hydrogen-bond donors (Lipinski definition) is 1. The van der Waals surface area contributed by atoms with E-state index in [4.69, 9.17) is 0 Å². The van der Waals surface area contributed by atoms with Crippen LogP contribution in [0.1, 0.15) is 30.2 Å². The van der Waals surface area contributed by atoms with Crippen LogP contribution in [0.25, 0.3) is 0 Å². The van der Waals surface area contributed by atoms with Gasteiger partial charge in [-0.3, -0.25) is 0 Å². The fourth-order valence-corrected chi connectivity index (χ4v) is 4.50. The first-order valence-corrected chi connectivity index (χ1v) is 9.03. The summed E-state index contributed by atoms with van der Waals surface area (Å²) in [5.74, 6) is 0.120. The number of benzene rings is 1. The lowest BCUT2D eigenvalue weighted by atomic mass is 9.85. The monoisotopic (exact) mass is 319 g/mol. The standard InChI is InChI=1S/C17H21NO3S/c1-12-3-7-16(8-4-12)22(20,21)18-10-9-14-5-6-15(13(2)19)11-17(14)18/h3-4,7-10,13,15,19H,5-6,11H2,1-2H3. The van der Waals surface area contributed by atoms with Gasteiger partial charge in [-0.25, -0.2) is 12.4 Å². The third-order valence-corrected chi connectivity index (χ3v) is 6.28. The van der Waals surface area contributed by atoms with Crippen LogP contribution in [-0.4, -0.2) is 23.6 Å². The Hall–Kier alpha value is -1.59. The van der Waals surface area contributed by atoms with Gasteiger partial charge in [-0.2, -0.15) is 0 Å². The number of aryl methyl sites for hydroxylation is 2. The molecule has 1 aromatic heterocycles. The molecule has 1 heterocycles. The van der Waals surface area contributed by atoms with Crippen LogP contribution in [0.2, 0.25) is 0 Å². The van der Waals surface area contributed by atoms with Crippen molar-refractivity contribution in [2.45, 2.75) is 44.1 Å². The number of aromatic nitrogens is 1. The molecule has 118 valence electrons. The first kappa shape index (κ1) is 15.3. The van der Waals surface area contributed by atoms with Crippen molar-refractivity contribution in [1.82, 2.24) is 3.97 Å². The first-order valence-electron chi connectivity index (χ1n) is 7.59. The van der Waals surface area contributed by atoms with Gasteiger partial charge in [0.25, 0.3) is 10.0 Å². The average molecular weight is 319 g/mol. The number of aliphatic hydroxyl groups excluding tert-OH is 1. The summed E-state index contributed by atoms with van der Waals surface area (Å²) >= 11 is 0. The number of nitrogens with zero attached hydrogens (tertiary/aromatic N) is 1. The molecule has 2 unspecified atom stereocenters. The molecule has 0 aliphatic heterocycles. The topological polar surface area (TPSA) is 59.3 Å². The molecule has 1 aliphatic carbocycles. The van der Waals surface area contributed by atoms with Crippen molar-refractivity contribution in [3.05, 3.63) is 53.3 Å². The van der Waals surface area contributed by atoms with E-state index in [1.165, 1.54) is 3.97 Å². The minimum absolute atomic E-state index is 0.120. The molecule has 3 rings (SSSR count). The SMILES string of the molecule is Cc1ccc(S(=O)(=O)n2ccc3c2CC(C(C)O)CC3)cc1. The molecule has 0 saturated heterocycles. The van der Waals surface area contributed by atoms with E-state index in [0.29, 0.717) is 11.3 Å². The summed E-state index contributed by atoms with van der Waals surface area (Å²) in [7, 11) is -3.57. The molecular formula is C17H21NO3S. The van der Waals surface area contributed by atoms with Gasteiger partial charge in [-0.15, -0.1) is 0 Å². The van der Waals surface area contributed by atoms with Crippen molar-refractivity contribution < 1.29 is 13.5 Å². The molecule has 0 bridgehead atoms. The Kier molecular flexibility index (Phi) is 3.87. The van der Waals surface area contributed by atoms with Crippen molar-refractivity contribution >= 4 is 10.0 Å². The number of hydrogen-bond acceptors (Lipinski definition) is 3. The van der Waals surface area contributed by atoms with E-state index in [-0.39, 0.29) is 5.92 Å². The van der Waals surface area contributed by atoms with Crippen LogP contribution < -0.4 is 0 Å². The Morgan fingerprint density at radius 2 is 1.91 bits per heavy atom. The Bertz CT molecular complexity index is 773. The van der Waals surface area contributed by atoms with E-state index in [9.17, 15) is 13.5 Å². The van der Waals surface area contributed by atoms with Crippen LogP contribution in [0.3, 0.4) is 0 Å². The molecule has 1 aliphatic rings. The van der Waals surface area contributed by atoms with Gasteiger partial charge in [0.2, 0.25) is 0 Å². The Morgan fingerprint density at radius 1 is 1.23 bits per heavy atom. The molecule has 0 amide bonds. The van der Waals surface area contributed by atoms with E-state index in [0.717, 1.165) is 29.7 Å². The largest absolute Gasteiger partial charge is 0.393 e. The van der Waals surface area contributed by atoms with Crippen molar-refractivity contribution in [1.29, 1.82) is 0 Å². The molecule has 1 N–H and O–H groups in total. The van der Waals surface area contributed by atoms with Gasteiger partial charge in [-0.1, -0.05) is 17.7 Å². The quantitative estimate of drug-likeness (QED) is 0.945. The van der Waals surface area contributed by atoms with Crippen LogP contribution in [0, 0.1) is 12.8 Å². The van der Waals surface area contributed by atoms with Gasteiger partial charge in [0, 0.05) is 11.9 Å². The highest BCUT2D eigenvalue weighted by atomic mass is 32.2. The molecule has 2 atom stereocenters. The van der Waals surface area contributed by atoms with Crippen LogP contribution in [0.4, 0.5) is 0 Å². The molecule has 1 aromatic carbocycles. The van der Waals surface area contributed by atoms with Gasteiger partial charge in [0.1, 0.15) is 0 Å². The maximum atomic E-state index is 12.9. The molecule has 0 radical (unpaired) electrons. The van der Waals surface area contributed by atoms with Crippen LogP contribution >= 0.6 is 0 Å². The normalized spacial score (nSPS) is 19.7. The summed E-state index contributed by atoms with van der Waals surface area (Å²) < 4.78 is 27.1. The smallest absolute Gasteiger partial charge is 0.267 e. The Labute approximate surface area is 131 Å². The molecule has 5 heteroatoms. The second kappa shape index (κ2) is 5.56. The van der Waals surface area contributed by atoms with E-state index in [1.54, 1.807) is 37.4 Å². The highest BCUT2D eigenvalue weighted by Gasteiger charge is 2.28. The van der Waals surface area contributed by atoms with Crippen molar-refractivity contribution in [3.8, 4) is 0 Å². The lowest BCUT2D eigenvalue weighted by molar-refractivity contribution is 0.116. The van der Waals surface area contributed by atoms with E-state index < -0.39 is 16.1 Å². The van der Waals surface area contributed by atoms with E-state index >= 15 is 0 Å². The lowest BCUT2D eigenvalue weighted by Gasteiger charge is -2.26. The van der Waals surface area contributed by atoms with Gasteiger partial charge in [0.05, 0.1) is 11.0 Å². The predicted octanol–water partition coefficient (Wildman–Crippen LogP) is 2.52. The number of aliphatic hydroxyl groups is 1. The summed E-state index contributed by atoms with van der Waals surface area (Å²) in [6, 6.07) is 8.79. The molecule has 4 nitrogen and oxygen atoms in total. The maximum Gasteiger partial charge on any atom is 0.267 e. The third-order valence-electron chi connectivity index (χ3n) is 4.55. The molecule has 22 heavy (non-hydrogen) atoms. The molecule has 0 spiro atoms. The predicted molar refractivity (Wildman–Crippen MR) is 85.4 cm³/mol. The van der Waals surface area contributed by atoms with Crippen molar-refractivity contribution in [2.75, 3.05) is 0 Å². The zero-order chi connectivity index (χ0) is 15.9. The van der Waals surface area contributed by atoms with Crippen LogP contribution in [-0.2, 0) is 22.9 Å². The van der Waals surface area contributed by atoms with Crippen LogP contribution in [0.15, 0.2) is 41.4 Å². The second-order valence-corrected chi connectivity index (χ2v) is 7.96. The second-order valence-electron chi connectivity index (χ2n) is 6.15. The first-order chi connectivity index (χ1) is 10.4. The summed E-state index contributed by atoms with van der Waals surface area (Å²) in [5, 5.41) is 9.82. The maximum absolute atomic E-state index is 12.9. The minimum Gasteiger partial charge on any atom is -0.393 e. The lowest BCUT2D eigenvalue weighted by Crippen LogP contribution is -2.27. The summed E-state index contributed by atoms with van der Waals surface area (Å²) in [6.07, 6.45) is 3.55. The highest BCUT2D eigenvalue weighted by molar-refractivity contribution is 7.90. The highest BCUT2D eigenvalue weighted by Crippen LogP contribution is 2.30. The number of fused-ring (bicyclic) bond motifs is 1. The van der Waals surface area contributed by atoms with E-state index in [2.05, 4.69) is 0 Å². The average Bonchev–Trinajstić information content (AvgIpc) is 2.91. The summed E-state index contributed by atoms with van der Waals surface area (Å²) in [6.45, 7) is 3.71. The molecule has 0 fully saturated rings. The van der Waals surface area contributed by atoms with Gasteiger partial charge in [0.15, 0.2) is 0 Å². The fourth-order valence-electron chi connectivity index (χ4n) is 3.09. The zero-order valence-electron chi connectivity index (χ0n) is 12.9. The fraction of sp³-hybridized carbons (Fsp3) is 0.412. The molecule has 2 aromatic rings. The van der Waals surface area contributed by atoms with Gasteiger partial charge >= 0.3 is 0 Å². The van der Waals surface area contributed by atoms with E-state index in [1.807, 2.05) is 13.0 Å². The minimum atomic E-state index is -3.57. The van der Waals surface area contributed by atoms with Gasteiger partial charge in [-0.05, 0) is 62.8 Å². The zero-order valence-corrected chi connectivity index (χ0v) is 13.7. The third kappa shape index (κ3) is 2.59. The summed E-state index contributed by atoms with van der Waals surface area (Å²) in [5.41, 5.74) is 2.92. The van der Waals surface area contributed by atoms with Crippen molar-refractivity contribution in [2.24, 2.45) is 5.92 Å². The van der Waals surface area contributed by atoms with Gasteiger partial charge < -0.3 is 5.11 Å². The Morgan fingerprint density at radius 3 is 2.55 bits per heavy atom. The number of rotatable bonds is 3.